The maximum atomic E-state index is 13.4. The van der Waals surface area contributed by atoms with Gasteiger partial charge in [0.25, 0.3) is 0 Å². The molecule has 37 heavy (non-hydrogen) atoms. The lowest BCUT2D eigenvalue weighted by Gasteiger charge is -2.29. The lowest BCUT2D eigenvalue weighted by atomic mass is 10.1. The zero-order chi connectivity index (χ0) is 26.2. The molecule has 10 nitrogen and oxygen atoms in total. The molecule has 2 aromatic rings. The zero-order valence-electron chi connectivity index (χ0n) is 21.1. The van der Waals surface area contributed by atoms with Crippen LogP contribution in [0.25, 0.3) is 10.8 Å². The van der Waals surface area contributed by atoms with E-state index < -0.39 is 29.6 Å². The molecule has 1 saturated carbocycles. The Morgan fingerprint density at radius 1 is 1.24 bits per heavy atom. The number of allylic oxidation sites excluding steroid dienone is 1. The molecule has 10 heteroatoms. The number of urea groups is 1. The number of carbonyl (C=O) groups is 3. The van der Waals surface area contributed by atoms with Crippen LogP contribution in [0.1, 0.15) is 32.1 Å². The van der Waals surface area contributed by atoms with Gasteiger partial charge in [-0.2, -0.15) is 0 Å². The molecule has 3 amide bonds. The van der Waals surface area contributed by atoms with E-state index >= 15 is 0 Å². The predicted molar refractivity (Wildman–Crippen MR) is 135 cm³/mol. The first-order valence-corrected chi connectivity index (χ1v) is 12.7. The van der Waals surface area contributed by atoms with Crippen molar-refractivity contribution in [3.63, 3.8) is 0 Å². The smallest absolute Gasteiger partial charge is 0.330 e. The van der Waals surface area contributed by atoms with Crippen LogP contribution in [0.5, 0.6) is 11.6 Å². The standard InChI is InChI=1S/C27H32N4O6/c1-30-12-6-4-3-5-7-18-15-27(18,25(33)34)29-23(32)22-14-20(16-31(22)26(30)35)37-24-21-9-8-19(36-2)13-17(21)10-11-28-24/h5,7-11,13,18,20,22H,3-4,6,12,14-16H2,1-2H3,(H,29,32)(H,33,34). The molecule has 1 saturated heterocycles. The summed E-state index contributed by atoms with van der Waals surface area (Å²) in [6, 6.07) is 6.32. The number of amides is 3. The minimum absolute atomic E-state index is 0.193. The first-order chi connectivity index (χ1) is 17.8. The molecule has 1 aromatic heterocycles. The number of carboxylic acids is 1. The number of rotatable bonds is 4. The van der Waals surface area contributed by atoms with Gasteiger partial charge >= 0.3 is 12.0 Å². The highest BCUT2D eigenvalue weighted by molar-refractivity contribution is 5.94. The normalized spacial score (nSPS) is 28.2. The number of methoxy groups -OCH3 is 1. The Morgan fingerprint density at radius 2 is 2.08 bits per heavy atom. The molecule has 4 atom stereocenters. The number of aromatic nitrogens is 1. The van der Waals surface area contributed by atoms with Crippen LogP contribution in [0.4, 0.5) is 4.79 Å². The van der Waals surface area contributed by atoms with Crippen molar-refractivity contribution in [2.24, 2.45) is 5.92 Å². The second kappa shape index (κ2) is 9.91. The van der Waals surface area contributed by atoms with Crippen LogP contribution in [0.3, 0.4) is 0 Å². The minimum atomic E-state index is -1.33. The minimum Gasteiger partial charge on any atom is -0.497 e. The summed E-state index contributed by atoms with van der Waals surface area (Å²) in [6.45, 7) is 0.761. The molecule has 4 unspecified atom stereocenters. The maximum Gasteiger partial charge on any atom is 0.330 e. The van der Waals surface area contributed by atoms with E-state index in [1.165, 1.54) is 4.90 Å². The number of hydrogen-bond acceptors (Lipinski definition) is 6. The van der Waals surface area contributed by atoms with Crippen molar-refractivity contribution in [1.82, 2.24) is 20.1 Å². The summed E-state index contributed by atoms with van der Waals surface area (Å²) in [4.78, 5) is 46.5. The number of ether oxygens (including phenoxy) is 2. The highest BCUT2D eigenvalue weighted by Gasteiger charge is 2.61. The van der Waals surface area contributed by atoms with Gasteiger partial charge in [0.2, 0.25) is 11.8 Å². The number of carboxylic acid groups (broad SMARTS) is 1. The molecule has 0 radical (unpaired) electrons. The first-order valence-electron chi connectivity index (χ1n) is 12.7. The van der Waals surface area contributed by atoms with E-state index in [4.69, 9.17) is 9.47 Å². The van der Waals surface area contributed by atoms with E-state index in [2.05, 4.69) is 10.3 Å². The van der Waals surface area contributed by atoms with Gasteiger partial charge in [0.05, 0.1) is 13.7 Å². The van der Waals surface area contributed by atoms with Crippen LogP contribution < -0.4 is 14.8 Å². The Morgan fingerprint density at radius 3 is 2.86 bits per heavy atom. The third-order valence-corrected chi connectivity index (χ3v) is 7.58. The Labute approximate surface area is 215 Å². The van der Waals surface area contributed by atoms with Crippen LogP contribution in [0.2, 0.25) is 0 Å². The molecule has 3 heterocycles. The molecule has 1 aliphatic carbocycles. The van der Waals surface area contributed by atoms with E-state index in [-0.39, 0.29) is 24.9 Å². The van der Waals surface area contributed by atoms with E-state index in [0.29, 0.717) is 24.6 Å². The summed E-state index contributed by atoms with van der Waals surface area (Å²) >= 11 is 0. The molecule has 5 rings (SSSR count). The number of aliphatic carboxylic acids is 1. The summed E-state index contributed by atoms with van der Waals surface area (Å²) in [5, 5.41) is 14.4. The maximum absolute atomic E-state index is 13.4. The lowest BCUT2D eigenvalue weighted by Crippen LogP contribution is -2.54. The lowest BCUT2D eigenvalue weighted by molar-refractivity contribution is -0.144. The average molecular weight is 509 g/mol. The number of carbonyl (C=O) groups excluding carboxylic acids is 2. The molecular weight excluding hydrogens is 476 g/mol. The number of hydrogen-bond donors (Lipinski definition) is 2. The molecule has 0 bridgehead atoms. The number of fused-ring (bicyclic) bond motifs is 3. The van der Waals surface area contributed by atoms with Gasteiger partial charge in [0, 0.05) is 37.5 Å². The number of pyridine rings is 1. The quantitative estimate of drug-likeness (QED) is 0.609. The molecule has 3 aliphatic rings. The van der Waals surface area contributed by atoms with Gasteiger partial charge in [-0.15, -0.1) is 0 Å². The molecule has 0 spiro atoms. The largest absolute Gasteiger partial charge is 0.497 e. The van der Waals surface area contributed by atoms with Crippen LogP contribution in [0.15, 0.2) is 42.6 Å². The summed E-state index contributed by atoms with van der Waals surface area (Å²) in [7, 11) is 3.33. The summed E-state index contributed by atoms with van der Waals surface area (Å²) in [5.74, 6) is -0.662. The highest BCUT2D eigenvalue weighted by Crippen LogP contribution is 2.45. The molecule has 2 N–H and O–H groups in total. The molecule has 196 valence electrons. The Hall–Kier alpha value is -3.82. The van der Waals surface area contributed by atoms with Gasteiger partial charge in [-0.05, 0) is 55.3 Å². The first kappa shape index (κ1) is 24.9. The highest BCUT2D eigenvalue weighted by atomic mass is 16.5. The van der Waals surface area contributed by atoms with Crippen LogP contribution in [-0.4, -0.2) is 82.7 Å². The Bertz CT molecular complexity index is 1250. The second-order valence-electron chi connectivity index (χ2n) is 10.1. The molecule has 1 aromatic carbocycles. The van der Waals surface area contributed by atoms with Gasteiger partial charge in [0.1, 0.15) is 23.4 Å². The fourth-order valence-corrected chi connectivity index (χ4v) is 5.30. The Balaban J connectivity index is 1.41. The van der Waals surface area contributed by atoms with E-state index in [0.717, 1.165) is 30.0 Å². The van der Waals surface area contributed by atoms with Gasteiger partial charge in [-0.1, -0.05) is 12.2 Å². The van der Waals surface area contributed by atoms with Crippen LogP contribution in [-0.2, 0) is 9.59 Å². The summed E-state index contributed by atoms with van der Waals surface area (Å²) in [6.07, 6.45) is 8.11. The van der Waals surface area contributed by atoms with E-state index in [1.54, 1.807) is 25.3 Å². The van der Waals surface area contributed by atoms with Crippen molar-refractivity contribution in [2.75, 3.05) is 27.2 Å². The van der Waals surface area contributed by atoms with Crippen molar-refractivity contribution in [1.29, 1.82) is 0 Å². The topological polar surface area (TPSA) is 121 Å². The van der Waals surface area contributed by atoms with Crippen molar-refractivity contribution in [2.45, 2.75) is 49.8 Å². The molecule has 2 aliphatic heterocycles. The zero-order valence-corrected chi connectivity index (χ0v) is 21.1. The van der Waals surface area contributed by atoms with Crippen molar-refractivity contribution < 1.29 is 29.0 Å². The third kappa shape index (κ3) is 4.80. The van der Waals surface area contributed by atoms with Crippen LogP contribution >= 0.6 is 0 Å². The van der Waals surface area contributed by atoms with Gasteiger partial charge in [-0.3, -0.25) is 4.79 Å². The molecular formula is C27H32N4O6. The van der Waals surface area contributed by atoms with E-state index in [9.17, 15) is 19.5 Å². The Kier molecular flexibility index (Phi) is 6.66. The van der Waals surface area contributed by atoms with Crippen molar-refractivity contribution >= 4 is 28.7 Å². The van der Waals surface area contributed by atoms with E-state index in [1.807, 2.05) is 36.4 Å². The average Bonchev–Trinajstić information content (AvgIpc) is 3.43. The van der Waals surface area contributed by atoms with Crippen LogP contribution in [0, 0.1) is 5.92 Å². The monoisotopic (exact) mass is 508 g/mol. The fraction of sp³-hybridized carbons (Fsp3) is 0.481. The number of nitrogens with one attached hydrogen (secondary N) is 1. The third-order valence-electron chi connectivity index (χ3n) is 7.58. The second-order valence-corrected chi connectivity index (χ2v) is 10.1. The van der Waals surface area contributed by atoms with Crippen molar-refractivity contribution in [3.05, 3.63) is 42.6 Å². The van der Waals surface area contributed by atoms with Gasteiger partial charge < -0.3 is 29.7 Å². The summed E-state index contributed by atoms with van der Waals surface area (Å²) < 4.78 is 11.6. The van der Waals surface area contributed by atoms with Gasteiger partial charge in [-0.25, -0.2) is 14.6 Å². The summed E-state index contributed by atoms with van der Waals surface area (Å²) in [5.41, 5.74) is -1.33. The number of benzene rings is 1. The fourth-order valence-electron chi connectivity index (χ4n) is 5.30. The predicted octanol–water partition coefficient (Wildman–Crippen LogP) is 2.82. The van der Waals surface area contributed by atoms with Gasteiger partial charge in [0.15, 0.2) is 0 Å². The number of nitrogens with zero attached hydrogens (tertiary/aromatic N) is 3. The van der Waals surface area contributed by atoms with Crippen molar-refractivity contribution in [3.8, 4) is 11.6 Å². The SMILES string of the molecule is COc1ccc2c(OC3CC4C(=O)NC5(C(=O)O)CC5C=CCCCCN(C)C(=O)N4C3)nccc2c1. The molecule has 2 fully saturated rings.